The van der Waals surface area contributed by atoms with E-state index in [4.69, 9.17) is 11.6 Å². The number of aromatic nitrogens is 1. The SMILES string of the molecule is CN(C[C@H]1CCCN(CCc2ccc(F)cc2)C1)C(=O)c1cc(Cl)cn1C. The maximum absolute atomic E-state index is 13.0. The lowest BCUT2D eigenvalue weighted by molar-refractivity contribution is 0.0721. The molecule has 1 aliphatic rings. The summed E-state index contributed by atoms with van der Waals surface area (Å²) in [6, 6.07) is 8.47. The Morgan fingerprint density at radius 1 is 1.33 bits per heavy atom. The molecule has 0 radical (unpaired) electrons. The molecule has 1 atom stereocenters. The molecule has 1 amide bonds. The van der Waals surface area contributed by atoms with Crippen molar-refractivity contribution in [3.05, 3.63) is 58.6 Å². The van der Waals surface area contributed by atoms with Crippen molar-refractivity contribution in [2.45, 2.75) is 19.3 Å². The van der Waals surface area contributed by atoms with Crippen LogP contribution >= 0.6 is 11.6 Å². The van der Waals surface area contributed by atoms with E-state index >= 15 is 0 Å². The minimum Gasteiger partial charge on any atom is -0.345 e. The van der Waals surface area contributed by atoms with Crippen molar-refractivity contribution in [2.75, 3.05) is 33.2 Å². The Bertz CT molecular complexity index is 774. The highest BCUT2D eigenvalue weighted by Gasteiger charge is 2.24. The zero-order valence-corrected chi connectivity index (χ0v) is 16.8. The van der Waals surface area contributed by atoms with Gasteiger partial charge in [0, 0.05) is 39.9 Å². The van der Waals surface area contributed by atoms with Gasteiger partial charge in [-0.3, -0.25) is 4.79 Å². The van der Waals surface area contributed by atoms with E-state index in [9.17, 15) is 9.18 Å². The van der Waals surface area contributed by atoms with Gasteiger partial charge in [0.25, 0.3) is 5.91 Å². The lowest BCUT2D eigenvalue weighted by Gasteiger charge is -2.34. The van der Waals surface area contributed by atoms with Crippen LogP contribution < -0.4 is 0 Å². The van der Waals surface area contributed by atoms with Gasteiger partial charge < -0.3 is 14.4 Å². The largest absolute Gasteiger partial charge is 0.345 e. The summed E-state index contributed by atoms with van der Waals surface area (Å²) in [7, 11) is 3.70. The number of likely N-dealkylation sites (tertiary alicyclic amines) is 1. The molecule has 0 N–H and O–H groups in total. The highest BCUT2D eigenvalue weighted by Crippen LogP contribution is 2.20. The predicted molar refractivity (Wildman–Crippen MR) is 107 cm³/mol. The molecule has 27 heavy (non-hydrogen) atoms. The lowest BCUT2D eigenvalue weighted by atomic mass is 9.97. The molecule has 1 saturated heterocycles. The average molecular weight is 392 g/mol. The third-order valence-electron chi connectivity index (χ3n) is 5.30. The fourth-order valence-corrected chi connectivity index (χ4v) is 4.09. The summed E-state index contributed by atoms with van der Waals surface area (Å²) in [6.07, 6.45) is 4.95. The Labute approximate surface area is 165 Å². The van der Waals surface area contributed by atoms with Gasteiger partial charge in [-0.2, -0.15) is 0 Å². The fourth-order valence-electron chi connectivity index (χ4n) is 3.84. The molecular formula is C21H27ClFN3O. The van der Waals surface area contributed by atoms with Crippen LogP contribution in [0.2, 0.25) is 5.02 Å². The van der Waals surface area contributed by atoms with Crippen molar-refractivity contribution in [2.24, 2.45) is 13.0 Å². The van der Waals surface area contributed by atoms with Gasteiger partial charge in [-0.05, 0) is 55.5 Å². The molecule has 1 aliphatic heterocycles. The average Bonchev–Trinajstić information content (AvgIpc) is 2.99. The monoisotopic (exact) mass is 391 g/mol. The predicted octanol–water partition coefficient (Wildman–Crippen LogP) is 3.84. The van der Waals surface area contributed by atoms with Crippen LogP contribution in [0, 0.1) is 11.7 Å². The van der Waals surface area contributed by atoms with Gasteiger partial charge in [0.2, 0.25) is 0 Å². The molecule has 0 bridgehead atoms. The molecule has 146 valence electrons. The number of benzene rings is 1. The van der Waals surface area contributed by atoms with E-state index in [2.05, 4.69) is 4.90 Å². The van der Waals surface area contributed by atoms with E-state index in [0.717, 1.165) is 51.0 Å². The number of hydrogen-bond donors (Lipinski definition) is 0. The number of carbonyl (C=O) groups excluding carboxylic acids is 1. The van der Waals surface area contributed by atoms with Crippen molar-refractivity contribution in [3.63, 3.8) is 0 Å². The third kappa shape index (κ3) is 5.33. The number of rotatable bonds is 6. The summed E-state index contributed by atoms with van der Waals surface area (Å²) < 4.78 is 14.8. The number of halogens is 2. The second kappa shape index (κ2) is 8.89. The first-order valence-electron chi connectivity index (χ1n) is 9.46. The summed E-state index contributed by atoms with van der Waals surface area (Å²) in [5.74, 6) is 0.286. The molecule has 2 heterocycles. The quantitative estimate of drug-likeness (QED) is 0.748. The van der Waals surface area contributed by atoms with E-state index in [0.29, 0.717) is 16.6 Å². The summed E-state index contributed by atoms with van der Waals surface area (Å²) >= 11 is 6.00. The first-order valence-corrected chi connectivity index (χ1v) is 9.84. The van der Waals surface area contributed by atoms with Crippen LogP contribution in [0.5, 0.6) is 0 Å². The van der Waals surface area contributed by atoms with Gasteiger partial charge in [0.05, 0.1) is 5.02 Å². The molecule has 0 aliphatic carbocycles. The maximum Gasteiger partial charge on any atom is 0.270 e. The van der Waals surface area contributed by atoms with Crippen LogP contribution in [0.4, 0.5) is 4.39 Å². The Morgan fingerprint density at radius 3 is 2.74 bits per heavy atom. The molecular weight excluding hydrogens is 365 g/mol. The van der Waals surface area contributed by atoms with E-state index in [1.54, 1.807) is 21.7 Å². The van der Waals surface area contributed by atoms with Gasteiger partial charge in [0.1, 0.15) is 11.5 Å². The van der Waals surface area contributed by atoms with Gasteiger partial charge >= 0.3 is 0 Å². The van der Waals surface area contributed by atoms with Crippen molar-refractivity contribution < 1.29 is 9.18 Å². The number of nitrogens with zero attached hydrogens (tertiary/aromatic N) is 3. The molecule has 1 aromatic carbocycles. The van der Waals surface area contributed by atoms with Crippen molar-refractivity contribution >= 4 is 17.5 Å². The highest BCUT2D eigenvalue weighted by molar-refractivity contribution is 6.31. The highest BCUT2D eigenvalue weighted by atomic mass is 35.5. The summed E-state index contributed by atoms with van der Waals surface area (Å²) in [5.41, 5.74) is 1.78. The maximum atomic E-state index is 13.0. The van der Waals surface area contributed by atoms with Crippen molar-refractivity contribution in [3.8, 4) is 0 Å². The normalized spacial score (nSPS) is 17.9. The number of amides is 1. The van der Waals surface area contributed by atoms with E-state index in [1.165, 1.54) is 12.1 Å². The minimum absolute atomic E-state index is 0.00726. The summed E-state index contributed by atoms with van der Waals surface area (Å²) in [6.45, 7) is 3.79. The molecule has 0 unspecified atom stereocenters. The number of carbonyl (C=O) groups is 1. The smallest absolute Gasteiger partial charge is 0.270 e. The second-order valence-corrected chi connectivity index (χ2v) is 7.96. The summed E-state index contributed by atoms with van der Waals surface area (Å²) in [4.78, 5) is 16.9. The van der Waals surface area contributed by atoms with E-state index < -0.39 is 0 Å². The van der Waals surface area contributed by atoms with Gasteiger partial charge in [-0.25, -0.2) is 4.39 Å². The molecule has 3 rings (SSSR count). The van der Waals surface area contributed by atoms with Crippen molar-refractivity contribution in [1.29, 1.82) is 0 Å². The van der Waals surface area contributed by atoms with Gasteiger partial charge in [-0.1, -0.05) is 23.7 Å². The van der Waals surface area contributed by atoms with E-state index in [1.807, 2.05) is 26.2 Å². The molecule has 6 heteroatoms. The Morgan fingerprint density at radius 2 is 2.07 bits per heavy atom. The minimum atomic E-state index is -0.191. The molecule has 0 spiro atoms. The van der Waals surface area contributed by atoms with Crippen LogP contribution in [0.1, 0.15) is 28.9 Å². The van der Waals surface area contributed by atoms with Crippen LogP contribution in [0.15, 0.2) is 36.5 Å². The van der Waals surface area contributed by atoms with Gasteiger partial charge in [-0.15, -0.1) is 0 Å². The van der Waals surface area contributed by atoms with Gasteiger partial charge in [0.15, 0.2) is 0 Å². The molecule has 1 fully saturated rings. The van der Waals surface area contributed by atoms with Crippen LogP contribution in [0.3, 0.4) is 0 Å². The van der Waals surface area contributed by atoms with E-state index in [-0.39, 0.29) is 11.7 Å². The number of aryl methyl sites for hydroxylation is 1. The lowest BCUT2D eigenvalue weighted by Crippen LogP contribution is -2.42. The molecule has 2 aromatic rings. The standard InChI is InChI=1S/C21H27ClFN3O/c1-24-15-18(22)12-20(24)21(27)25(2)13-17-4-3-10-26(14-17)11-9-16-5-7-19(23)8-6-16/h5-8,12,15,17H,3-4,9-11,13-14H2,1-2H3/t17-/m1/s1. The topological polar surface area (TPSA) is 28.5 Å². The Balaban J connectivity index is 1.50. The van der Waals surface area contributed by atoms with Crippen LogP contribution in [0.25, 0.3) is 0 Å². The van der Waals surface area contributed by atoms with Crippen LogP contribution in [-0.4, -0.2) is 53.5 Å². The second-order valence-electron chi connectivity index (χ2n) is 7.53. The first-order chi connectivity index (χ1) is 12.9. The van der Waals surface area contributed by atoms with Crippen LogP contribution in [-0.2, 0) is 13.5 Å². The first kappa shape index (κ1) is 19.9. The Kier molecular flexibility index (Phi) is 6.55. The molecule has 1 aromatic heterocycles. The number of piperidine rings is 1. The van der Waals surface area contributed by atoms with Crippen molar-refractivity contribution in [1.82, 2.24) is 14.4 Å². The Hall–Kier alpha value is -1.85. The fraction of sp³-hybridized carbons (Fsp3) is 0.476. The number of hydrogen-bond acceptors (Lipinski definition) is 2. The third-order valence-corrected chi connectivity index (χ3v) is 5.51. The zero-order chi connectivity index (χ0) is 19.4. The molecule has 4 nitrogen and oxygen atoms in total. The molecule has 0 saturated carbocycles. The zero-order valence-electron chi connectivity index (χ0n) is 16.0. The summed E-state index contributed by atoms with van der Waals surface area (Å²) in [5, 5.41) is 0.582.